The second-order valence-corrected chi connectivity index (χ2v) is 3.48. The fourth-order valence-corrected chi connectivity index (χ4v) is 1.90. The van der Waals surface area contributed by atoms with Crippen LogP contribution in [0.15, 0.2) is 12.2 Å². The third-order valence-corrected chi connectivity index (χ3v) is 2.82. The van der Waals surface area contributed by atoms with Crippen LogP contribution in [0.2, 0.25) is 0 Å². The normalized spacial score (nSPS) is 29.6. The van der Waals surface area contributed by atoms with E-state index >= 15 is 0 Å². The fourth-order valence-electron chi connectivity index (χ4n) is 1.90. The first kappa shape index (κ1) is 8.79. The summed E-state index contributed by atoms with van der Waals surface area (Å²) in [6.45, 7) is 2.59. The van der Waals surface area contributed by atoms with E-state index in [4.69, 9.17) is 5.11 Å². The van der Waals surface area contributed by atoms with Crippen molar-refractivity contribution in [1.29, 1.82) is 0 Å². The first-order valence-electron chi connectivity index (χ1n) is 4.61. The summed E-state index contributed by atoms with van der Waals surface area (Å²) in [6, 6.07) is 0. The van der Waals surface area contributed by atoms with Gasteiger partial charge in [-0.25, -0.2) is 0 Å². The van der Waals surface area contributed by atoms with E-state index in [2.05, 4.69) is 19.1 Å². The van der Waals surface area contributed by atoms with E-state index in [0.29, 0.717) is 12.0 Å². The van der Waals surface area contributed by atoms with Crippen molar-refractivity contribution in [1.82, 2.24) is 0 Å². The molecule has 1 heteroatoms. The van der Waals surface area contributed by atoms with Crippen LogP contribution in [-0.4, -0.2) is 11.7 Å². The average Bonchev–Trinajstić information content (AvgIpc) is 2.50. The molecular weight excluding hydrogens is 136 g/mol. The van der Waals surface area contributed by atoms with E-state index in [1.807, 2.05) is 0 Å². The van der Waals surface area contributed by atoms with Crippen LogP contribution < -0.4 is 0 Å². The lowest BCUT2D eigenvalue weighted by Gasteiger charge is -2.25. The fraction of sp³-hybridized carbons (Fsp3) is 0.800. The molecule has 0 radical (unpaired) electrons. The molecule has 0 spiro atoms. The number of allylic oxidation sites excluding steroid dienone is 2. The lowest BCUT2D eigenvalue weighted by Crippen LogP contribution is -2.13. The van der Waals surface area contributed by atoms with Crippen molar-refractivity contribution in [3.8, 4) is 0 Å². The second kappa shape index (κ2) is 3.91. The van der Waals surface area contributed by atoms with Crippen molar-refractivity contribution in [2.45, 2.75) is 39.0 Å². The minimum atomic E-state index is 0.343. The van der Waals surface area contributed by atoms with Crippen molar-refractivity contribution in [3.63, 3.8) is 0 Å². The molecule has 0 unspecified atom stereocenters. The summed E-state index contributed by atoms with van der Waals surface area (Å²) < 4.78 is 0. The van der Waals surface area contributed by atoms with Crippen molar-refractivity contribution in [2.24, 2.45) is 5.41 Å². The van der Waals surface area contributed by atoms with Gasteiger partial charge in [0.25, 0.3) is 0 Å². The van der Waals surface area contributed by atoms with E-state index < -0.39 is 0 Å². The predicted molar refractivity (Wildman–Crippen MR) is 47.4 cm³/mol. The van der Waals surface area contributed by atoms with Crippen LogP contribution in [0, 0.1) is 5.41 Å². The minimum absolute atomic E-state index is 0.343. The first-order chi connectivity index (χ1) is 5.33. The lowest BCUT2D eigenvalue weighted by atomic mass is 9.80. The van der Waals surface area contributed by atoms with Crippen LogP contribution in [0.3, 0.4) is 0 Å². The molecule has 0 saturated heterocycles. The van der Waals surface area contributed by atoms with Gasteiger partial charge in [0.15, 0.2) is 0 Å². The van der Waals surface area contributed by atoms with E-state index in [9.17, 15) is 0 Å². The Morgan fingerprint density at radius 2 is 2.36 bits per heavy atom. The van der Waals surface area contributed by atoms with Gasteiger partial charge in [0.05, 0.1) is 0 Å². The number of rotatable bonds is 4. The Morgan fingerprint density at radius 1 is 1.55 bits per heavy atom. The van der Waals surface area contributed by atoms with Crippen molar-refractivity contribution in [3.05, 3.63) is 12.2 Å². The van der Waals surface area contributed by atoms with Crippen LogP contribution in [0.4, 0.5) is 0 Å². The third-order valence-electron chi connectivity index (χ3n) is 2.82. The molecule has 1 nitrogen and oxygen atoms in total. The van der Waals surface area contributed by atoms with Crippen LogP contribution in [0.1, 0.15) is 39.0 Å². The standard InChI is InChI=1S/C10H18O/c1-2-10(8-5-9-11)6-3-4-7-10/h3,6,11H,2,4-5,7-9H2,1H3/t10-/m1/s1. The summed E-state index contributed by atoms with van der Waals surface area (Å²) in [5.74, 6) is 0. The van der Waals surface area contributed by atoms with E-state index in [1.54, 1.807) is 0 Å². The van der Waals surface area contributed by atoms with E-state index in [0.717, 1.165) is 12.8 Å². The Morgan fingerprint density at radius 3 is 2.82 bits per heavy atom. The molecule has 1 rings (SSSR count). The Labute approximate surface area is 69.1 Å². The Kier molecular flexibility index (Phi) is 3.13. The monoisotopic (exact) mass is 154 g/mol. The molecule has 0 aliphatic heterocycles. The maximum Gasteiger partial charge on any atom is 0.0431 e. The average molecular weight is 154 g/mol. The molecule has 64 valence electrons. The summed E-state index contributed by atoms with van der Waals surface area (Å²) in [5.41, 5.74) is 0.447. The second-order valence-electron chi connectivity index (χ2n) is 3.48. The van der Waals surface area contributed by atoms with Gasteiger partial charge in [-0.2, -0.15) is 0 Å². The van der Waals surface area contributed by atoms with E-state index in [-0.39, 0.29) is 0 Å². The molecule has 1 atom stereocenters. The van der Waals surface area contributed by atoms with Gasteiger partial charge in [-0.1, -0.05) is 19.1 Å². The number of hydrogen-bond acceptors (Lipinski definition) is 1. The molecular formula is C10H18O. The van der Waals surface area contributed by atoms with Gasteiger partial charge in [0, 0.05) is 6.61 Å². The maximum absolute atomic E-state index is 8.71. The summed E-state index contributed by atoms with van der Waals surface area (Å²) in [6.07, 6.45) is 10.5. The van der Waals surface area contributed by atoms with Gasteiger partial charge in [-0.15, -0.1) is 0 Å². The molecule has 0 fully saturated rings. The summed E-state index contributed by atoms with van der Waals surface area (Å²) in [7, 11) is 0. The van der Waals surface area contributed by atoms with Gasteiger partial charge >= 0.3 is 0 Å². The van der Waals surface area contributed by atoms with Gasteiger partial charge in [-0.3, -0.25) is 0 Å². The third kappa shape index (κ3) is 2.06. The molecule has 0 bridgehead atoms. The molecule has 0 amide bonds. The number of aliphatic hydroxyl groups is 1. The van der Waals surface area contributed by atoms with Gasteiger partial charge in [0.2, 0.25) is 0 Å². The zero-order valence-corrected chi connectivity index (χ0v) is 7.34. The highest BCUT2D eigenvalue weighted by molar-refractivity contribution is 5.05. The van der Waals surface area contributed by atoms with Crippen molar-refractivity contribution >= 4 is 0 Å². The summed E-state index contributed by atoms with van der Waals surface area (Å²) in [4.78, 5) is 0. The van der Waals surface area contributed by atoms with E-state index in [1.165, 1.54) is 19.3 Å². The molecule has 1 aliphatic carbocycles. The molecule has 1 N–H and O–H groups in total. The zero-order chi connectivity index (χ0) is 8.16. The molecule has 0 saturated carbocycles. The summed E-state index contributed by atoms with van der Waals surface area (Å²) >= 11 is 0. The Hall–Kier alpha value is -0.300. The van der Waals surface area contributed by atoms with Gasteiger partial charge in [0.1, 0.15) is 0 Å². The lowest BCUT2D eigenvalue weighted by molar-refractivity contribution is 0.241. The molecule has 11 heavy (non-hydrogen) atoms. The van der Waals surface area contributed by atoms with Crippen LogP contribution in [0.5, 0.6) is 0 Å². The van der Waals surface area contributed by atoms with Crippen LogP contribution >= 0.6 is 0 Å². The zero-order valence-electron chi connectivity index (χ0n) is 7.34. The maximum atomic E-state index is 8.71. The topological polar surface area (TPSA) is 20.2 Å². The minimum Gasteiger partial charge on any atom is -0.396 e. The largest absolute Gasteiger partial charge is 0.396 e. The van der Waals surface area contributed by atoms with Gasteiger partial charge < -0.3 is 5.11 Å². The molecule has 0 aromatic rings. The molecule has 0 heterocycles. The SMILES string of the molecule is CC[C@@]1(CCCO)C=CCC1. The predicted octanol–water partition coefficient (Wildman–Crippen LogP) is 2.51. The Balaban J connectivity index is 2.40. The first-order valence-corrected chi connectivity index (χ1v) is 4.61. The highest BCUT2D eigenvalue weighted by Crippen LogP contribution is 2.39. The Bertz CT molecular complexity index is 140. The van der Waals surface area contributed by atoms with Crippen molar-refractivity contribution < 1.29 is 5.11 Å². The molecule has 0 aromatic carbocycles. The highest BCUT2D eigenvalue weighted by Gasteiger charge is 2.26. The number of aliphatic hydroxyl groups excluding tert-OH is 1. The van der Waals surface area contributed by atoms with Crippen molar-refractivity contribution in [2.75, 3.05) is 6.61 Å². The van der Waals surface area contributed by atoms with Crippen LogP contribution in [0.25, 0.3) is 0 Å². The van der Waals surface area contributed by atoms with Gasteiger partial charge in [-0.05, 0) is 37.5 Å². The molecule has 1 aliphatic rings. The summed E-state index contributed by atoms with van der Waals surface area (Å²) in [5, 5.41) is 8.71. The van der Waals surface area contributed by atoms with Crippen LogP contribution in [-0.2, 0) is 0 Å². The highest BCUT2D eigenvalue weighted by atomic mass is 16.2. The molecule has 0 aromatic heterocycles. The number of hydrogen-bond donors (Lipinski definition) is 1. The quantitative estimate of drug-likeness (QED) is 0.617. The smallest absolute Gasteiger partial charge is 0.0431 e.